The van der Waals surface area contributed by atoms with Gasteiger partial charge in [0.1, 0.15) is 11.9 Å². The van der Waals surface area contributed by atoms with Crippen LogP contribution in [0.5, 0.6) is 0 Å². The van der Waals surface area contributed by atoms with E-state index in [9.17, 15) is 8.78 Å². The molecule has 0 fully saturated rings. The topological polar surface area (TPSA) is 42.7 Å². The van der Waals surface area contributed by atoms with Gasteiger partial charge in [-0.2, -0.15) is 10.1 Å². The van der Waals surface area contributed by atoms with Crippen molar-refractivity contribution in [3.63, 3.8) is 0 Å². The fourth-order valence-corrected chi connectivity index (χ4v) is 1.47. The molecule has 1 N–H and O–H groups in total. The quantitative estimate of drug-likeness (QED) is 0.720. The number of alkyl halides is 2. The van der Waals surface area contributed by atoms with Crippen molar-refractivity contribution >= 4 is 5.95 Å². The molecular formula is C7H10F2N4. The predicted octanol–water partition coefficient (Wildman–Crippen LogP) is 1.21. The van der Waals surface area contributed by atoms with Gasteiger partial charge in [-0.1, -0.05) is 0 Å². The molecule has 0 radical (unpaired) electrons. The van der Waals surface area contributed by atoms with Gasteiger partial charge in [-0.3, -0.25) is 0 Å². The number of nitrogens with one attached hydrogen (secondary N) is 1. The number of rotatable bonds is 1. The smallest absolute Gasteiger partial charge is 0.260 e. The maximum atomic E-state index is 12.5. The maximum absolute atomic E-state index is 12.5. The van der Waals surface area contributed by atoms with Crippen molar-refractivity contribution in [2.75, 3.05) is 11.9 Å². The van der Waals surface area contributed by atoms with Crippen LogP contribution in [-0.2, 0) is 0 Å². The fraction of sp³-hybridized carbons (Fsp3) is 0.714. The zero-order valence-electron chi connectivity index (χ0n) is 7.17. The first kappa shape index (κ1) is 8.40. The van der Waals surface area contributed by atoms with Gasteiger partial charge in [0.15, 0.2) is 0 Å². The number of aryl methyl sites for hydroxylation is 1. The lowest BCUT2D eigenvalue weighted by Crippen LogP contribution is -2.28. The molecule has 0 aliphatic carbocycles. The zero-order valence-corrected chi connectivity index (χ0v) is 7.17. The second kappa shape index (κ2) is 2.93. The van der Waals surface area contributed by atoms with Gasteiger partial charge in [-0.05, 0) is 13.3 Å². The Kier molecular flexibility index (Phi) is 1.90. The van der Waals surface area contributed by atoms with Gasteiger partial charge >= 0.3 is 0 Å². The minimum Gasteiger partial charge on any atom is -0.354 e. The molecule has 1 atom stereocenters. The number of nitrogens with zero attached hydrogens (tertiary/aromatic N) is 3. The molecule has 1 aromatic heterocycles. The van der Waals surface area contributed by atoms with Crippen LogP contribution in [0.1, 0.15) is 18.3 Å². The number of anilines is 1. The van der Waals surface area contributed by atoms with Crippen molar-refractivity contribution in [2.24, 2.45) is 0 Å². The summed E-state index contributed by atoms with van der Waals surface area (Å²) in [5.41, 5.74) is 0. The molecule has 0 saturated carbocycles. The predicted molar refractivity (Wildman–Crippen MR) is 42.9 cm³/mol. The second-order valence-electron chi connectivity index (χ2n) is 3.04. The molecule has 2 rings (SSSR count). The Hall–Kier alpha value is -1.20. The third-order valence-electron chi connectivity index (χ3n) is 2.07. The van der Waals surface area contributed by atoms with E-state index in [2.05, 4.69) is 15.4 Å². The Morgan fingerprint density at radius 1 is 1.62 bits per heavy atom. The minimum absolute atomic E-state index is 0.396. The van der Waals surface area contributed by atoms with Crippen LogP contribution in [0, 0.1) is 6.92 Å². The summed E-state index contributed by atoms with van der Waals surface area (Å²) in [6.07, 6.45) is -1.98. The molecule has 1 aromatic rings. The Morgan fingerprint density at radius 3 is 3.08 bits per heavy atom. The van der Waals surface area contributed by atoms with Gasteiger partial charge in [0.2, 0.25) is 5.95 Å². The highest BCUT2D eigenvalue weighted by atomic mass is 19.3. The number of fused-ring (bicyclic) bond motifs is 1. The summed E-state index contributed by atoms with van der Waals surface area (Å²) < 4.78 is 26.3. The lowest BCUT2D eigenvalue weighted by atomic mass is 10.2. The highest BCUT2D eigenvalue weighted by molar-refractivity contribution is 5.27. The van der Waals surface area contributed by atoms with Gasteiger partial charge in [0.05, 0.1) is 0 Å². The Balaban J connectivity index is 2.36. The summed E-state index contributed by atoms with van der Waals surface area (Å²) >= 11 is 0. The van der Waals surface area contributed by atoms with Crippen molar-refractivity contribution in [1.29, 1.82) is 0 Å². The van der Waals surface area contributed by atoms with Crippen molar-refractivity contribution in [3.05, 3.63) is 5.82 Å². The molecule has 0 amide bonds. The van der Waals surface area contributed by atoms with Crippen LogP contribution >= 0.6 is 0 Å². The van der Waals surface area contributed by atoms with Gasteiger partial charge in [0.25, 0.3) is 6.43 Å². The Morgan fingerprint density at radius 2 is 2.38 bits per heavy atom. The first-order valence-corrected chi connectivity index (χ1v) is 4.13. The summed E-state index contributed by atoms with van der Waals surface area (Å²) in [6.45, 7) is 2.22. The average Bonchev–Trinajstić information content (AvgIpc) is 2.43. The van der Waals surface area contributed by atoms with Crippen LogP contribution < -0.4 is 5.32 Å². The first-order valence-electron chi connectivity index (χ1n) is 4.13. The van der Waals surface area contributed by atoms with E-state index in [1.807, 2.05) is 0 Å². The van der Waals surface area contributed by atoms with Gasteiger partial charge in [-0.25, -0.2) is 13.5 Å². The third-order valence-corrected chi connectivity index (χ3v) is 2.07. The fourth-order valence-electron chi connectivity index (χ4n) is 1.47. The molecule has 0 saturated heterocycles. The molecule has 4 nitrogen and oxygen atoms in total. The minimum atomic E-state index is -2.37. The lowest BCUT2D eigenvalue weighted by Gasteiger charge is -2.23. The summed E-state index contributed by atoms with van der Waals surface area (Å²) in [7, 11) is 0. The molecule has 1 aliphatic rings. The molecule has 6 heteroatoms. The van der Waals surface area contributed by atoms with Crippen molar-refractivity contribution < 1.29 is 8.78 Å². The molecule has 0 aromatic carbocycles. The number of aromatic nitrogens is 3. The van der Waals surface area contributed by atoms with E-state index in [1.165, 1.54) is 4.68 Å². The molecular weight excluding hydrogens is 178 g/mol. The highest BCUT2D eigenvalue weighted by Crippen LogP contribution is 2.26. The van der Waals surface area contributed by atoms with Crippen molar-refractivity contribution in [2.45, 2.75) is 25.8 Å². The average molecular weight is 188 g/mol. The van der Waals surface area contributed by atoms with Crippen LogP contribution in [-0.4, -0.2) is 27.7 Å². The Labute approximate surface area is 74.0 Å². The van der Waals surface area contributed by atoms with Crippen LogP contribution in [0.3, 0.4) is 0 Å². The van der Waals surface area contributed by atoms with Gasteiger partial charge < -0.3 is 5.32 Å². The van der Waals surface area contributed by atoms with Crippen LogP contribution in [0.4, 0.5) is 14.7 Å². The normalized spacial score (nSPS) is 21.4. The third kappa shape index (κ3) is 1.36. The lowest BCUT2D eigenvalue weighted by molar-refractivity contribution is 0.0712. The molecule has 2 heterocycles. The summed E-state index contributed by atoms with van der Waals surface area (Å²) in [5.74, 6) is 0.976. The van der Waals surface area contributed by atoms with Crippen molar-refractivity contribution in [1.82, 2.24) is 14.8 Å². The molecule has 1 unspecified atom stereocenters. The summed E-state index contributed by atoms with van der Waals surface area (Å²) in [5, 5.41) is 6.84. The van der Waals surface area contributed by atoms with Crippen LogP contribution in [0.2, 0.25) is 0 Å². The van der Waals surface area contributed by atoms with E-state index >= 15 is 0 Å². The highest BCUT2D eigenvalue weighted by Gasteiger charge is 2.29. The summed E-state index contributed by atoms with van der Waals surface area (Å²) in [4.78, 5) is 3.99. The standard InChI is InChI=1S/C7H10F2N4/c1-4-11-7-10-3-2-5(6(8)9)13(7)12-4/h5-6H,2-3H2,1H3,(H,10,11,12). The number of hydrogen-bond acceptors (Lipinski definition) is 3. The molecule has 13 heavy (non-hydrogen) atoms. The Bertz CT molecular complexity index is 309. The molecule has 0 bridgehead atoms. The molecule has 0 spiro atoms. The first-order chi connectivity index (χ1) is 6.18. The van der Waals surface area contributed by atoms with Gasteiger partial charge in [0, 0.05) is 6.54 Å². The maximum Gasteiger partial charge on any atom is 0.260 e. The SMILES string of the molecule is Cc1nc2n(n1)C(C(F)F)CCN2. The van der Waals surface area contributed by atoms with E-state index in [4.69, 9.17) is 0 Å². The monoisotopic (exact) mass is 188 g/mol. The van der Waals surface area contributed by atoms with E-state index in [-0.39, 0.29) is 0 Å². The number of halogens is 2. The van der Waals surface area contributed by atoms with E-state index < -0.39 is 12.5 Å². The van der Waals surface area contributed by atoms with Crippen molar-refractivity contribution in [3.8, 4) is 0 Å². The van der Waals surface area contributed by atoms with E-state index in [0.29, 0.717) is 24.7 Å². The summed E-state index contributed by atoms with van der Waals surface area (Å²) in [6, 6.07) is -0.822. The van der Waals surface area contributed by atoms with Gasteiger partial charge in [-0.15, -0.1) is 0 Å². The van der Waals surface area contributed by atoms with E-state index in [1.54, 1.807) is 6.92 Å². The van der Waals surface area contributed by atoms with Crippen LogP contribution in [0.25, 0.3) is 0 Å². The number of hydrogen-bond donors (Lipinski definition) is 1. The molecule has 1 aliphatic heterocycles. The van der Waals surface area contributed by atoms with E-state index in [0.717, 1.165) is 0 Å². The molecule has 72 valence electrons. The second-order valence-corrected chi connectivity index (χ2v) is 3.04. The van der Waals surface area contributed by atoms with Crippen LogP contribution in [0.15, 0.2) is 0 Å². The largest absolute Gasteiger partial charge is 0.354 e. The zero-order chi connectivity index (χ0) is 9.42.